The van der Waals surface area contributed by atoms with E-state index in [1.165, 1.54) is 0 Å². The van der Waals surface area contributed by atoms with E-state index in [4.69, 9.17) is 69.6 Å². The zero-order valence-electron chi connectivity index (χ0n) is 9.40. The van der Waals surface area contributed by atoms with Gasteiger partial charge in [0.15, 0.2) is 4.33 Å². The maximum absolute atomic E-state index is 11.8. The van der Waals surface area contributed by atoms with Gasteiger partial charge in [-0.1, -0.05) is 69.6 Å². The maximum Gasteiger partial charge on any atom is 0.335 e. The van der Waals surface area contributed by atoms with Gasteiger partial charge in [-0.2, -0.15) is 0 Å². The van der Waals surface area contributed by atoms with Crippen LogP contribution < -0.4 is 0 Å². The summed E-state index contributed by atoms with van der Waals surface area (Å²) in [7, 11) is 2.06. The normalized spacial score (nSPS) is 33.3. The first-order chi connectivity index (χ1) is 8.53. The van der Waals surface area contributed by atoms with Crippen molar-refractivity contribution in [2.24, 2.45) is 0 Å². The lowest BCUT2D eigenvalue weighted by Crippen LogP contribution is -2.58. The van der Waals surface area contributed by atoms with E-state index in [1.54, 1.807) is 0 Å². The van der Waals surface area contributed by atoms with Crippen molar-refractivity contribution in [2.45, 2.75) is 14.1 Å². The molecule has 0 aromatic rings. The van der Waals surface area contributed by atoms with Crippen molar-refractivity contribution in [1.29, 1.82) is 0 Å². The first kappa shape index (κ1) is 17.5. The molecule has 0 aliphatic heterocycles. The standard InChI is InChI=1S/C9H6Cl6O4/c1-18-5(16)7(12)3(10)4(11)8(13,6(17)19-2)9(7,14)15/h1-2H3/t7-,8+. The molecule has 0 aromatic heterocycles. The lowest BCUT2D eigenvalue weighted by atomic mass is 10.00. The largest absolute Gasteiger partial charge is 0.467 e. The Kier molecular flexibility index (Phi) is 4.89. The Balaban J connectivity index is 3.62. The summed E-state index contributed by atoms with van der Waals surface area (Å²) >= 11 is 35.8. The van der Waals surface area contributed by atoms with Crippen LogP contribution in [-0.4, -0.2) is 40.2 Å². The van der Waals surface area contributed by atoms with E-state index in [-0.39, 0.29) is 0 Å². The van der Waals surface area contributed by atoms with Crippen LogP contribution in [0, 0.1) is 0 Å². The summed E-state index contributed by atoms with van der Waals surface area (Å²) in [4.78, 5) is 18.9. The molecule has 1 aliphatic carbocycles. The molecule has 0 saturated heterocycles. The molecule has 0 aromatic carbocycles. The van der Waals surface area contributed by atoms with Gasteiger partial charge < -0.3 is 9.47 Å². The lowest BCUT2D eigenvalue weighted by molar-refractivity contribution is -0.144. The number of rotatable bonds is 2. The van der Waals surface area contributed by atoms with Crippen LogP contribution in [0.15, 0.2) is 10.1 Å². The average Bonchev–Trinajstić information content (AvgIpc) is 2.49. The fraction of sp³-hybridized carbons (Fsp3) is 0.556. The number of alkyl halides is 4. The second-order valence-electron chi connectivity index (χ2n) is 3.50. The van der Waals surface area contributed by atoms with Crippen molar-refractivity contribution in [3.8, 4) is 0 Å². The van der Waals surface area contributed by atoms with Gasteiger partial charge >= 0.3 is 11.9 Å². The summed E-state index contributed by atoms with van der Waals surface area (Å²) in [6.07, 6.45) is 0. The fourth-order valence-corrected chi connectivity index (χ4v) is 3.91. The van der Waals surface area contributed by atoms with Crippen molar-refractivity contribution in [3.05, 3.63) is 10.1 Å². The highest BCUT2D eigenvalue weighted by molar-refractivity contribution is 6.70. The molecule has 1 rings (SSSR count). The third-order valence-electron chi connectivity index (χ3n) is 2.60. The molecule has 0 spiro atoms. The highest BCUT2D eigenvalue weighted by atomic mass is 35.5. The van der Waals surface area contributed by atoms with Gasteiger partial charge in [0.2, 0.25) is 9.75 Å². The van der Waals surface area contributed by atoms with Gasteiger partial charge in [0.1, 0.15) is 0 Å². The van der Waals surface area contributed by atoms with Gasteiger partial charge in [-0.25, -0.2) is 9.59 Å². The predicted molar refractivity (Wildman–Crippen MR) is 74.4 cm³/mol. The minimum Gasteiger partial charge on any atom is -0.467 e. The summed E-state index contributed by atoms with van der Waals surface area (Å²) in [5, 5.41) is -1.01. The van der Waals surface area contributed by atoms with Crippen LogP contribution in [0.1, 0.15) is 0 Å². The third-order valence-corrected chi connectivity index (χ3v) is 6.61. The summed E-state index contributed by atoms with van der Waals surface area (Å²) in [6, 6.07) is 0. The minimum atomic E-state index is -2.42. The first-order valence-electron chi connectivity index (χ1n) is 4.52. The molecule has 0 unspecified atom stereocenters. The molecule has 4 nitrogen and oxygen atoms in total. The van der Waals surface area contributed by atoms with E-state index in [1.807, 2.05) is 0 Å². The number of carbonyl (C=O) groups is 2. The Bertz CT molecular complexity index is 435. The Morgan fingerprint density at radius 1 is 0.842 bits per heavy atom. The van der Waals surface area contributed by atoms with Crippen molar-refractivity contribution in [1.82, 2.24) is 0 Å². The van der Waals surface area contributed by atoms with Crippen LogP contribution in [0.25, 0.3) is 0 Å². The maximum atomic E-state index is 11.8. The third kappa shape index (κ3) is 1.95. The molecule has 0 amide bonds. The van der Waals surface area contributed by atoms with Crippen LogP contribution in [0.2, 0.25) is 0 Å². The molecule has 1 aliphatic rings. The number of hydrogen-bond donors (Lipinski definition) is 0. The van der Waals surface area contributed by atoms with E-state index in [0.717, 1.165) is 14.2 Å². The molecular weight excluding hydrogens is 385 g/mol. The molecule has 0 radical (unpaired) electrons. The molecular formula is C9H6Cl6O4. The van der Waals surface area contributed by atoms with Crippen LogP contribution in [0.4, 0.5) is 0 Å². The second-order valence-corrected chi connectivity index (χ2v) is 6.72. The zero-order chi connectivity index (χ0) is 15.2. The van der Waals surface area contributed by atoms with Crippen molar-refractivity contribution in [3.63, 3.8) is 0 Å². The van der Waals surface area contributed by atoms with Gasteiger partial charge in [0.05, 0.1) is 24.3 Å². The molecule has 0 fully saturated rings. The lowest BCUT2D eigenvalue weighted by Gasteiger charge is -2.36. The molecule has 0 bridgehead atoms. The number of esters is 2. The van der Waals surface area contributed by atoms with Crippen molar-refractivity contribution >= 4 is 81.5 Å². The monoisotopic (exact) mass is 388 g/mol. The van der Waals surface area contributed by atoms with Crippen molar-refractivity contribution in [2.75, 3.05) is 14.2 Å². The second kappa shape index (κ2) is 5.32. The number of carbonyl (C=O) groups excluding carboxylic acids is 2. The fourth-order valence-electron chi connectivity index (χ4n) is 1.53. The molecule has 19 heavy (non-hydrogen) atoms. The quantitative estimate of drug-likeness (QED) is 0.537. The summed E-state index contributed by atoms with van der Waals surface area (Å²) in [6.45, 7) is 0. The number of halogens is 6. The van der Waals surface area contributed by atoms with E-state index < -0.39 is 36.1 Å². The van der Waals surface area contributed by atoms with E-state index >= 15 is 0 Å². The SMILES string of the molecule is COC(=O)[C@@]1(Cl)C(Cl)=C(Cl)[C@@](Cl)(C(=O)OC)C1(Cl)Cl. The Labute approximate surface area is 138 Å². The van der Waals surface area contributed by atoms with E-state index in [9.17, 15) is 9.59 Å². The zero-order valence-corrected chi connectivity index (χ0v) is 13.9. The molecule has 108 valence electrons. The molecule has 2 atom stereocenters. The predicted octanol–water partition coefficient (Wildman–Crippen LogP) is 3.16. The first-order valence-corrected chi connectivity index (χ1v) is 6.78. The number of hydrogen-bond acceptors (Lipinski definition) is 4. The number of methoxy groups -OCH3 is 2. The van der Waals surface area contributed by atoms with Crippen LogP contribution in [0.5, 0.6) is 0 Å². The topological polar surface area (TPSA) is 52.6 Å². The number of ether oxygens (including phenoxy) is 2. The van der Waals surface area contributed by atoms with Gasteiger partial charge in [-0.15, -0.1) is 0 Å². The average molecular weight is 391 g/mol. The van der Waals surface area contributed by atoms with E-state index in [2.05, 4.69) is 9.47 Å². The Hall–Kier alpha value is 0.420. The van der Waals surface area contributed by atoms with E-state index in [0.29, 0.717) is 0 Å². The van der Waals surface area contributed by atoms with Crippen LogP contribution >= 0.6 is 69.6 Å². The van der Waals surface area contributed by atoms with Crippen LogP contribution in [0.3, 0.4) is 0 Å². The molecule has 0 saturated carbocycles. The van der Waals surface area contributed by atoms with Gasteiger partial charge in [-0.3, -0.25) is 0 Å². The minimum absolute atomic E-state index is 0.506. The Morgan fingerprint density at radius 3 is 1.32 bits per heavy atom. The Morgan fingerprint density at radius 2 is 1.11 bits per heavy atom. The van der Waals surface area contributed by atoms with Gasteiger partial charge in [0.25, 0.3) is 0 Å². The highest BCUT2D eigenvalue weighted by Gasteiger charge is 2.77. The van der Waals surface area contributed by atoms with Gasteiger partial charge in [0, 0.05) is 0 Å². The summed E-state index contributed by atoms with van der Waals surface area (Å²) < 4.78 is 6.52. The van der Waals surface area contributed by atoms with Crippen molar-refractivity contribution < 1.29 is 19.1 Å². The summed E-state index contributed by atoms with van der Waals surface area (Å²) in [5.41, 5.74) is 0. The summed E-state index contributed by atoms with van der Waals surface area (Å²) in [5.74, 6) is -2.23. The molecule has 10 heteroatoms. The smallest absolute Gasteiger partial charge is 0.335 e. The molecule has 0 heterocycles. The van der Waals surface area contributed by atoms with Crippen LogP contribution in [-0.2, 0) is 19.1 Å². The highest BCUT2D eigenvalue weighted by Crippen LogP contribution is 2.65. The van der Waals surface area contributed by atoms with Gasteiger partial charge in [-0.05, 0) is 0 Å². The molecule has 0 N–H and O–H groups in total.